The Kier molecular flexibility index (Phi) is 5.39. The van der Waals surface area contributed by atoms with Crippen LogP contribution in [-0.2, 0) is 21.2 Å². The van der Waals surface area contributed by atoms with Crippen LogP contribution in [0.25, 0.3) is 0 Å². The van der Waals surface area contributed by atoms with Crippen LogP contribution in [0.2, 0.25) is 0 Å². The molecule has 0 aliphatic rings. The number of amides is 1. The Bertz CT molecular complexity index is 782. The number of sulfonamides is 1. The Morgan fingerprint density at radius 1 is 1.13 bits per heavy atom. The number of hydrogen-bond donors (Lipinski definition) is 1. The van der Waals surface area contributed by atoms with Gasteiger partial charge in [-0.05, 0) is 31.0 Å². The molecule has 2 aromatic carbocycles. The number of carbonyl (C=O) groups excluding carboxylic acids is 1. The molecule has 23 heavy (non-hydrogen) atoms. The molecule has 0 spiro atoms. The van der Waals surface area contributed by atoms with Gasteiger partial charge in [0, 0.05) is 12.5 Å². The number of rotatable bonds is 6. The lowest BCUT2D eigenvalue weighted by molar-refractivity contribution is -0.119. The molecule has 2 aromatic rings. The summed E-state index contributed by atoms with van der Waals surface area (Å²) >= 11 is 0. The zero-order chi connectivity index (χ0) is 16.9. The molecule has 0 saturated carbocycles. The third kappa shape index (κ3) is 4.82. The summed E-state index contributed by atoms with van der Waals surface area (Å²) in [7, 11) is -2.43. The fourth-order valence-corrected chi connectivity index (χ4v) is 3.09. The molecule has 0 aliphatic heterocycles. The molecule has 0 fully saturated rings. The zero-order valence-corrected chi connectivity index (χ0v) is 13.9. The lowest BCUT2D eigenvalue weighted by Crippen LogP contribution is -2.30. The van der Waals surface area contributed by atoms with E-state index in [0.717, 1.165) is 11.1 Å². The van der Waals surface area contributed by atoms with E-state index in [1.807, 2.05) is 31.2 Å². The third-order valence-electron chi connectivity index (χ3n) is 3.36. The standard InChI is InChI=1S/C17H19NO4S/c1-13-6-8-14(9-7-13)10-11-17(19)18-23(20,21)16-5-3-4-15(12-16)22-2/h3-9,12H,10-11H2,1-2H3,(H,18,19). The highest BCUT2D eigenvalue weighted by Crippen LogP contribution is 2.17. The van der Waals surface area contributed by atoms with Gasteiger partial charge in [0.05, 0.1) is 12.0 Å². The minimum atomic E-state index is -3.88. The molecule has 5 nitrogen and oxygen atoms in total. The summed E-state index contributed by atoms with van der Waals surface area (Å²) in [5.41, 5.74) is 2.13. The summed E-state index contributed by atoms with van der Waals surface area (Å²) in [4.78, 5) is 11.9. The van der Waals surface area contributed by atoms with Crippen molar-refractivity contribution >= 4 is 15.9 Å². The van der Waals surface area contributed by atoms with E-state index >= 15 is 0 Å². The number of ether oxygens (including phenoxy) is 1. The van der Waals surface area contributed by atoms with Gasteiger partial charge in [-0.25, -0.2) is 13.1 Å². The summed E-state index contributed by atoms with van der Waals surface area (Å²) in [6, 6.07) is 13.8. The van der Waals surface area contributed by atoms with Crippen LogP contribution in [0.5, 0.6) is 5.75 Å². The molecular formula is C17H19NO4S. The molecule has 6 heteroatoms. The van der Waals surface area contributed by atoms with E-state index in [9.17, 15) is 13.2 Å². The highest BCUT2D eigenvalue weighted by molar-refractivity contribution is 7.90. The van der Waals surface area contributed by atoms with Crippen molar-refractivity contribution in [2.75, 3.05) is 7.11 Å². The Morgan fingerprint density at radius 2 is 1.83 bits per heavy atom. The van der Waals surface area contributed by atoms with Gasteiger partial charge in [-0.2, -0.15) is 0 Å². The van der Waals surface area contributed by atoms with E-state index < -0.39 is 15.9 Å². The van der Waals surface area contributed by atoms with Gasteiger partial charge in [0.1, 0.15) is 5.75 Å². The summed E-state index contributed by atoms with van der Waals surface area (Å²) in [5.74, 6) is -0.117. The summed E-state index contributed by atoms with van der Waals surface area (Å²) in [5, 5.41) is 0. The molecule has 2 rings (SSSR count). The van der Waals surface area contributed by atoms with E-state index in [0.29, 0.717) is 12.2 Å². The first-order valence-corrected chi connectivity index (χ1v) is 8.64. The van der Waals surface area contributed by atoms with E-state index in [-0.39, 0.29) is 11.3 Å². The summed E-state index contributed by atoms with van der Waals surface area (Å²) in [6.07, 6.45) is 0.589. The zero-order valence-electron chi connectivity index (χ0n) is 13.1. The van der Waals surface area contributed by atoms with E-state index in [4.69, 9.17) is 4.74 Å². The van der Waals surface area contributed by atoms with Gasteiger partial charge in [-0.15, -0.1) is 0 Å². The number of benzene rings is 2. The first kappa shape index (κ1) is 17.0. The molecule has 0 saturated heterocycles. The quantitative estimate of drug-likeness (QED) is 0.881. The van der Waals surface area contributed by atoms with Crippen LogP contribution >= 0.6 is 0 Å². The fraction of sp³-hybridized carbons (Fsp3) is 0.235. The number of nitrogens with one attached hydrogen (secondary N) is 1. The maximum Gasteiger partial charge on any atom is 0.264 e. The SMILES string of the molecule is COc1cccc(S(=O)(=O)NC(=O)CCc2ccc(C)cc2)c1. The van der Waals surface area contributed by atoms with Crippen LogP contribution in [0, 0.1) is 6.92 Å². The topological polar surface area (TPSA) is 72.5 Å². The highest BCUT2D eigenvalue weighted by atomic mass is 32.2. The first-order chi connectivity index (χ1) is 10.9. The number of methoxy groups -OCH3 is 1. The highest BCUT2D eigenvalue weighted by Gasteiger charge is 2.18. The largest absolute Gasteiger partial charge is 0.497 e. The van der Waals surface area contributed by atoms with Crippen LogP contribution in [0.15, 0.2) is 53.4 Å². The second-order valence-corrected chi connectivity index (χ2v) is 6.88. The lowest BCUT2D eigenvalue weighted by Gasteiger charge is -2.08. The van der Waals surface area contributed by atoms with Crippen molar-refractivity contribution < 1.29 is 17.9 Å². The van der Waals surface area contributed by atoms with Crippen LogP contribution in [0.1, 0.15) is 17.5 Å². The molecule has 0 radical (unpaired) electrons. The number of carbonyl (C=O) groups is 1. The number of hydrogen-bond acceptors (Lipinski definition) is 4. The average molecular weight is 333 g/mol. The Hall–Kier alpha value is -2.34. The Labute approximate surface area is 136 Å². The maximum absolute atomic E-state index is 12.2. The van der Waals surface area contributed by atoms with Crippen molar-refractivity contribution in [3.05, 3.63) is 59.7 Å². The van der Waals surface area contributed by atoms with Crippen molar-refractivity contribution in [2.24, 2.45) is 0 Å². The normalized spacial score (nSPS) is 11.0. The summed E-state index contributed by atoms with van der Waals surface area (Å²) in [6.45, 7) is 1.98. The second-order valence-electron chi connectivity index (χ2n) is 5.19. The molecule has 0 unspecified atom stereocenters. The minimum Gasteiger partial charge on any atom is -0.497 e. The van der Waals surface area contributed by atoms with Crippen LogP contribution in [-0.4, -0.2) is 21.4 Å². The maximum atomic E-state index is 12.2. The fourth-order valence-electron chi connectivity index (χ4n) is 2.04. The van der Waals surface area contributed by atoms with Crippen LogP contribution < -0.4 is 9.46 Å². The molecule has 0 heterocycles. The molecule has 0 bridgehead atoms. The Morgan fingerprint density at radius 3 is 2.48 bits per heavy atom. The van der Waals surface area contributed by atoms with E-state index in [1.165, 1.54) is 19.2 Å². The van der Waals surface area contributed by atoms with Gasteiger partial charge >= 0.3 is 0 Å². The van der Waals surface area contributed by atoms with Crippen molar-refractivity contribution in [2.45, 2.75) is 24.7 Å². The van der Waals surface area contributed by atoms with Crippen molar-refractivity contribution in [1.82, 2.24) is 4.72 Å². The monoisotopic (exact) mass is 333 g/mol. The van der Waals surface area contributed by atoms with Crippen LogP contribution in [0.4, 0.5) is 0 Å². The molecule has 1 N–H and O–H groups in total. The van der Waals surface area contributed by atoms with Gasteiger partial charge in [0.15, 0.2) is 0 Å². The smallest absolute Gasteiger partial charge is 0.264 e. The van der Waals surface area contributed by atoms with Crippen molar-refractivity contribution in [1.29, 1.82) is 0 Å². The van der Waals surface area contributed by atoms with Crippen molar-refractivity contribution in [3.63, 3.8) is 0 Å². The average Bonchev–Trinajstić information content (AvgIpc) is 2.54. The molecular weight excluding hydrogens is 314 g/mol. The molecule has 0 aliphatic carbocycles. The van der Waals surface area contributed by atoms with Gasteiger partial charge in [-0.1, -0.05) is 35.9 Å². The van der Waals surface area contributed by atoms with Gasteiger partial charge in [0.25, 0.3) is 10.0 Å². The molecule has 122 valence electrons. The van der Waals surface area contributed by atoms with E-state index in [2.05, 4.69) is 4.72 Å². The minimum absolute atomic E-state index is 0.000496. The van der Waals surface area contributed by atoms with Gasteiger partial charge in [-0.3, -0.25) is 4.79 Å². The van der Waals surface area contributed by atoms with E-state index in [1.54, 1.807) is 12.1 Å². The van der Waals surface area contributed by atoms with Crippen LogP contribution in [0.3, 0.4) is 0 Å². The summed E-state index contributed by atoms with van der Waals surface area (Å²) < 4.78 is 31.4. The first-order valence-electron chi connectivity index (χ1n) is 7.16. The molecule has 0 atom stereocenters. The van der Waals surface area contributed by atoms with Gasteiger partial charge < -0.3 is 4.74 Å². The third-order valence-corrected chi connectivity index (χ3v) is 4.73. The predicted molar refractivity (Wildman–Crippen MR) is 87.8 cm³/mol. The molecule has 1 amide bonds. The Balaban J connectivity index is 1.99. The second kappa shape index (κ2) is 7.28. The van der Waals surface area contributed by atoms with Gasteiger partial charge in [0.2, 0.25) is 5.91 Å². The predicted octanol–water partition coefficient (Wildman–Crippen LogP) is 2.44. The lowest BCUT2D eigenvalue weighted by atomic mass is 10.1. The van der Waals surface area contributed by atoms with Crippen molar-refractivity contribution in [3.8, 4) is 5.75 Å². The molecule has 0 aromatic heterocycles. The number of aryl methyl sites for hydroxylation is 2.